The van der Waals surface area contributed by atoms with Crippen LogP contribution >= 0.6 is 0 Å². The van der Waals surface area contributed by atoms with Crippen molar-refractivity contribution in [2.24, 2.45) is 5.16 Å². The lowest BCUT2D eigenvalue weighted by molar-refractivity contribution is 0.213. The third-order valence-corrected chi connectivity index (χ3v) is 3.03. The summed E-state index contributed by atoms with van der Waals surface area (Å²) >= 11 is 0. The van der Waals surface area contributed by atoms with Gasteiger partial charge in [-0.15, -0.1) is 0 Å². The topological polar surface area (TPSA) is 21.6 Å². The Balaban J connectivity index is 2.53. The lowest BCUT2D eigenvalue weighted by atomic mass is 9.86. The second-order valence-corrected chi connectivity index (χ2v) is 4.21. The van der Waals surface area contributed by atoms with Crippen LogP contribution in [0.3, 0.4) is 0 Å². The molecule has 0 saturated heterocycles. The van der Waals surface area contributed by atoms with Crippen LogP contribution in [-0.4, -0.2) is 12.8 Å². The summed E-state index contributed by atoms with van der Waals surface area (Å²) in [6, 6.07) is 6.82. The molecule has 90 valence electrons. The second-order valence-electron chi connectivity index (χ2n) is 4.21. The largest absolute Gasteiger partial charge is 0.399 e. The molecule has 0 aliphatic heterocycles. The summed E-state index contributed by atoms with van der Waals surface area (Å²) in [5, 5.41) is 4.03. The minimum atomic E-state index is -0.201. The molecule has 0 fully saturated rings. The Morgan fingerprint density at radius 3 is 2.71 bits per heavy atom. The van der Waals surface area contributed by atoms with Crippen LogP contribution in [0.5, 0.6) is 0 Å². The van der Waals surface area contributed by atoms with E-state index < -0.39 is 0 Å². The number of rotatable bonds is 2. The molecular formula is C14H16FNO. The Hall–Kier alpha value is -1.64. The molecule has 1 aromatic carbocycles. The summed E-state index contributed by atoms with van der Waals surface area (Å²) in [6.07, 6.45) is 2.88. The number of oxime groups is 1. The highest BCUT2D eigenvalue weighted by atomic mass is 19.1. The first-order chi connectivity index (χ1) is 8.24. The van der Waals surface area contributed by atoms with E-state index >= 15 is 0 Å². The van der Waals surface area contributed by atoms with Crippen molar-refractivity contribution in [3.05, 3.63) is 41.2 Å². The molecule has 0 spiro atoms. The van der Waals surface area contributed by atoms with Gasteiger partial charge in [0.05, 0.1) is 5.71 Å². The predicted molar refractivity (Wildman–Crippen MR) is 67.3 cm³/mol. The summed E-state index contributed by atoms with van der Waals surface area (Å²) in [5.41, 5.74) is 3.57. The lowest BCUT2D eigenvalue weighted by Crippen LogP contribution is -2.11. The Labute approximate surface area is 101 Å². The molecule has 1 aliphatic rings. The quantitative estimate of drug-likeness (QED) is 0.712. The van der Waals surface area contributed by atoms with E-state index in [1.807, 2.05) is 13.0 Å². The maximum atomic E-state index is 13.8. The molecule has 0 unspecified atom stereocenters. The maximum absolute atomic E-state index is 13.8. The number of benzene rings is 1. The van der Waals surface area contributed by atoms with Crippen molar-refractivity contribution in [1.82, 2.24) is 0 Å². The van der Waals surface area contributed by atoms with Crippen LogP contribution in [0, 0.1) is 5.82 Å². The summed E-state index contributed by atoms with van der Waals surface area (Å²) in [6.45, 7) is 2.03. The monoisotopic (exact) mass is 233 g/mol. The predicted octanol–water partition coefficient (Wildman–Crippen LogP) is 3.79. The zero-order valence-electron chi connectivity index (χ0n) is 10.2. The molecular weight excluding hydrogens is 217 g/mol. The molecule has 2 rings (SSSR count). The highest BCUT2D eigenvalue weighted by Gasteiger charge is 2.20. The summed E-state index contributed by atoms with van der Waals surface area (Å²) in [7, 11) is 1.52. The van der Waals surface area contributed by atoms with E-state index in [2.05, 4.69) is 5.16 Å². The van der Waals surface area contributed by atoms with Gasteiger partial charge in [0.15, 0.2) is 0 Å². The number of halogens is 1. The molecule has 0 bridgehead atoms. The van der Waals surface area contributed by atoms with Crippen LogP contribution in [0.15, 0.2) is 35.0 Å². The molecule has 0 saturated carbocycles. The Morgan fingerprint density at radius 1 is 1.24 bits per heavy atom. The van der Waals surface area contributed by atoms with E-state index in [4.69, 9.17) is 4.84 Å². The molecule has 0 heterocycles. The SMILES string of the molecule is CON=C1CCCC(C)=C1c1ccccc1F. The van der Waals surface area contributed by atoms with Crippen molar-refractivity contribution in [2.75, 3.05) is 7.11 Å². The minimum Gasteiger partial charge on any atom is -0.399 e. The van der Waals surface area contributed by atoms with Crippen LogP contribution in [0.1, 0.15) is 31.7 Å². The van der Waals surface area contributed by atoms with Crippen LogP contribution in [0.25, 0.3) is 5.57 Å². The van der Waals surface area contributed by atoms with Gasteiger partial charge < -0.3 is 4.84 Å². The van der Waals surface area contributed by atoms with Gasteiger partial charge in [0.1, 0.15) is 12.9 Å². The first-order valence-electron chi connectivity index (χ1n) is 5.79. The average molecular weight is 233 g/mol. The number of hydrogen-bond acceptors (Lipinski definition) is 2. The van der Waals surface area contributed by atoms with Crippen molar-refractivity contribution in [1.29, 1.82) is 0 Å². The van der Waals surface area contributed by atoms with Gasteiger partial charge in [0.2, 0.25) is 0 Å². The molecule has 1 aromatic rings. The smallest absolute Gasteiger partial charge is 0.131 e. The van der Waals surface area contributed by atoms with Crippen molar-refractivity contribution < 1.29 is 9.23 Å². The number of allylic oxidation sites excluding steroid dienone is 2. The molecule has 2 nitrogen and oxygen atoms in total. The first-order valence-corrected chi connectivity index (χ1v) is 5.79. The zero-order valence-corrected chi connectivity index (χ0v) is 10.2. The maximum Gasteiger partial charge on any atom is 0.131 e. The minimum absolute atomic E-state index is 0.201. The summed E-state index contributed by atoms with van der Waals surface area (Å²) < 4.78 is 13.8. The fourth-order valence-corrected chi connectivity index (χ4v) is 2.27. The van der Waals surface area contributed by atoms with Crippen LogP contribution in [0.2, 0.25) is 0 Å². The Bertz CT molecular complexity index is 477. The van der Waals surface area contributed by atoms with Gasteiger partial charge in [0.25, 0.3) is 0 Å². The van der Waals surface area contributed by atoms with Crippen molar-refractivity contribution in [3.63, 3.8) is 0 Å². The fourth-order valence-electron chi connectivity index (χ4n) is 2.27. The van der Waals surface area contributed by atoms with Gasteiger partial charge >= 0.3 is 0 Å². The Morgan fingerprint density at radius 2 is 2.00 bits per heavy atom. The Kier molecular flexibility index (Phi) is 3.57. The van der Waals surface area contributed by atoms with E-state index in [1.165, 1.54) is 18.7 Å². The third kappa shape index (κ3) is 2.38. The van der Waals surface area contributed by atoms with Gasteiger partial charge in [-0.2, -0.15) is 0 Å². The molecule has 17 heavy (non-hydrogen) atoms. The molecule has 3 heteroatoms. The van der Waals surface area contributed by atoms with Gasteiger partial charge in [-0.3, -0.25) is 0 Å². The van der Waals surface area contributed by atoms with Crippen LogP contribution in [0.4, 0.5) is 4.39 Å². The third-order valence-electron chi connectivity index (χ3n) is 3.03. The standard InChI is InChI=1S/C14H16FNO/c1-10-6-5-9-13(16-17-2)14(10)11-7-3-4-8-12(11)15/h3-4,7-8H,5-6,9H2,1-2H3. The van der Waals surface area contributed by atoms with E-state index in [9.17, 15) is 4.39 Å². The van der Waals surface area contributed by atoms with Gasteiger partial charge in [-0.25, -0.2) is 4.39 Å². The highest BCUT2D eigenvalue weighted by molar-refractivity contribution is 6.25. The molecule has 0 aromatic heterocycles. The molecule has 0 atom stereocenters. The second kappa shape index (κ2) is 5.13. The van der Waals surface area contributed by atoms with Crippen LogP contribution < -0.4 is 0 Å². The summed E-state index contributed by atoms with van der Waals surface area (Å²) in [4.78, 5) is 4.85. The van der Waals surface area contributed by atoms with Crippen LogP contribution in [-0.2, 0) is 4.84 Å². The van der Waals surface area contributed by atoms with Crippen molar-refractivity contribution >= 4 is 11.3 Å². The highest BCUT2D eigenvalue weighted by Crippen LogP contribution is 2.31. The number of hydrogen-bond donors (Lipinski definition) is 0. The lowest BCUT2D eigenvalue weighted by Gasteiger charge is -2.20. The van der Waals surface area contributed by atoms with E-state index in [1.54, 1.807) is 12.1 Å². The molecule has 0 N–H and O–H groups in total. The van der Waals surface area contributed by atoms with Gasteiger partial charge in [0, 0.05) is 11.1 Å². The van der Waals surface area contributed by atoms with Crippen molar-refractivity contribution in [3.8, 4) is 0 Å². The molecule has 0 amide bonds. The van der Waals surface area contributed by atoms with E-state index in [0.29, 0.717) is 5.56 Å². The zero-order chi connectivity index (χ0) is 12.3. The molecule has 1 aliphatic carbocycles. The van der Waals surface area contributed by atoms with Crippen molar-refractivity contribution in [2.45, 2.75) is 26.2 Å². The van der Waals surface area contributed by atoms with Gasteiger partial charge in [-0.05, 0) is 32.3 Å². The normalized spacial score (nSPS) is 18.6. The van der Waals surface area contributed by atoms with Gasteiger partial charge in [-0.1, -0.05) is 28.9 Å². The first kappa shape index (κ1) is 11.8. The van der Waals surface area contributed by atoms with E-state index in [0.717, 1.165) is 30.5 Å². The fraction of sp³-hybridized carbons (Fsp3) is 0.357. The van der Waals surface area contributed by atoms with E-state index in [-0.39, 0.29) is 5.82 Å². The molecule has 0 radical (unpaired) electrons. The summed E-state index contributed by atoms with van der Waals surface area (Å²) in [5.74, 6) is -0.201. The number of nitrogens with zero attached hydrogens (tertiary/aromatic N) is 1. The average Bonchev–Trinajstić information content (AvgIpc) is 2.31.